The van der Waals surface area contributed by atoms with Crippen LogP contribution in [0.5, 0.6) is 0 Å². The second kappa shape index (κ2) is 9.00. The summed E-state index contributed by atoms with van der Waals surface area (Å²) in [6.45, 7) is 2.58. The Bertz CT molecular complexity index is 688. The highest BCUT2D eigenvalue weighted by atomic mass is 79.9. The quantitative estimate of drug-likeness (QED) is 0.716. The number of hydrogen-bond acceptors (Lipinski definition) is 4. The van der Waals surface area contributed by atoms with E-state index >= 15 is 0 Å². The van der Waals surface area contributed by atoms with E-state index in [1.54, 1.807) is 18.2 Å². The van der Waals surface area contributed by atoms with Crippen LogP contribution in [0.4, 0.5) is 5.69 Å². The van der Waals surface area contributed by atoms with Crippen molar-refractivity contribution in [3.8, 4) is 0 Å². The minimum absolute atomic E-state index is 0.206. The molecule has 1 aliphatic heterocycles. The number of carbonyl (C=O) groups is 1. The van der Waals surface area contributed by atoms with Crippen molar-refractivity contribution in [2.45, 2.75) is 19.3 Å². The van der Waals surface area contributed by atoms with E-state index in [4.69, 9.17) is 0 Å². The summed E-state index contributed by atoms with van der Waals surface area (Å²) in [7, 11) is -1.41. The molecule has 0 aromatic heterocycles. The summed E-state index contributed by atoms with van der Waals surface area (Å²) in [6.07, 6.45) is 4.36. The minimum Gasteiger partial charge on any atom is -0.355 e. The van der Waals surface area contributed by atoms with E-state index in [0.29, 0.717) is 18.2 Å². The SMILES string of the molecule is CN1CCC(CCNC(=O)CN(c2cccc(Br)c2)S(C)(=O)=O)CC1. The highest BCUT2D eigenvalue weighted by Crippen LogP contribution is 2.22. The molecule has 1 N–H and O–H groups in total. The third-order valence-corrected chi connectivity index (χ3v) is 6.13. The van der Waals surface area contributed by atoms with Gasteiger partial charge < -0.3 is 10.2 Å². The van der Waals surface area contributed by atoms with Gasteiger partial charge in [0, 0.05) is 11.0 Å². The molecule has 1 fully saturated rings. The summed E-state index contributed by atoms with van der Waals surface area (Å²) in [6, 6.07) is 6.92. The Kier molecular flexibility index (Phi) is 7.27. The first kappa shape index (κ1) is 20.2. The van der Waals surface area contributed by atoms with Gasteiger partial charge in [-0.3, -0.25) is 9.10 Å². The number of nitrogens with one attached hydrogen (secondary N) is 1. The molecule has 1 aromatic carbocycles. The lowest BCUT2D eigenvalue weighted by atomic mass is 9.94. The van der Waals surface area contributed by atoms with Crippen LogP contribution in [0.2, 0.25) is 0 Å². The van der Waals surface area contributed by atoms with Crippen molar-refractivity contribution in [2.24, 2.45) is 5.92 Å². The maximum absolute atomic E-state index is 12.2. The number of benzene rings is 1. The monoisotopic (exact) mass is 431 g/mol. The number of hydrogen-bond donors (Lipinski definition) is 1. The standard InChI is InChI=1S/C17H26BrN3O3S/c1-20-10-7-14(8-11-20)6-9-19-17(22)13-21(25(2,23)24)16-5-3-4-15(18)12-16/h3-5,12,14H,6-11,13H2,1-2H3,(H,19,22). The van der Waals surface area contributed by atoms with Crippen molar-refractivity contribution in [3.05, 3.63) is 28.7 Å². The number of carbonyl (C=O) groups excluding carboxylic acids is 1. The van der Waals surface area contributed by atoms with E-state index in [0.717, 1.165) is 47.4 Å². The molecule has 0 unspecified atom stereocenters. The average molecular weight is 432 g/mol. The van der Waals surface area contributed by atoms with Gasteiger partial charge in [-0.25, -0.2) is 8.42 Å². The van der Waals surface area contributed by atoms with Crippen molar-refractivity contribution in [2.75, 3.05) is 43.8 Å². The molecule has 6 nitrogen and oxygen atoms in total. The van der Waals surface area contributed by atoms with E-state index in [2.05, 4.69) is 33.2 Å². The van der Waals surface area contributed by atoms with Gasteiger partial charge in [-0.1, -0.05) is 22.0 Å². The van der Waals surface area contributed by atoms with E-state index < -0.39 is 10.0 Å². The molecule has 25 heavy (non-hydrogen) atoms. The predicted molar refractivity (Wildman–Crippen MR) is 104 cm³/mol. The molecule has 1 heterocycles. The molecule has 0 atom stereocenters. The molecule has 1 aliphatic rings. The molecule has 1 amide bonds. The number of likely N-dealkylation sites (tertiary alicyclic amines) is 1. The maximum atomic E-state index is 12.2. The average Bonchev–Trinajstić information content (AvgIpc) is 2.53. The number of amides is 1. The number of piperidine rings is 1. The highest BCUT2D eigenvalue weighted by Gasteiger charge is 2.21. The van der Waals surface area contributed by atoms with Gasteiger partial charge >= 0.3 is 0 Å². The second-order valence-electron chi connectivity index (χ2n) is 6.63. The Morgan fingerprint density at radius 3 is 2.64 bits per heavy atom. The summed E-state index contributed by atoms with van der Waals surface area (Å²) in [5.41, 5.74) is 0.474. The number of anilines is 1. The summed E-state index contributed by atoms with van der Waals surface area (Å²) >= 11 is 3.33. The van der Waals surface area contributed by atoms with Crippen LogP contribution in [0, 0.1) is 5.92 Å². The van der Waals surface area contributed by atoms with E-state index in [1.165, 1.54) is 0 Å². The van der Waals surface area contributed by atoms with Crippen LogP contribution in [-0.4, -0.2) is 58.7 Å². The fourth-order valence-electron chi connectivity index (χ4n) is 2.98. The lowest BCUT2D eigenvalue weighted by Gasteiger charge is -2.29. The largest absolute Gasteiger partial charge is 0.355 e. The van der Waals surface area contributed by atoms with Gasteiger partial charge in [0.05, 0.1) is 11.9 Å². The molecular weight excluding hydrogens is 406 g/mol. The number of nitrogens with zero attached hydrogens (tertiary/aromatic N) is 2. The molecule has 0 radical (unpaired) electrons. The van der Waals surface area contributed by atoms with Crippen LogP contribution in [-0.2, 0) is 14.8 Å². The topological polar surface area (TPSA) is 69.7 Å². The van der Waals surface area contributed by atoms with Crippen molar-refractivity contribution >= 4 is 37.5 Å². The van der Waals surface area contributed by atoms with Crippen molar-refractivity contribution in [1.82, 2.24) is 10.2 Å². The number of rotatable bonds is 7. The van der Waals surface area contributed by atoms with Crippen LogP contribution >= 0.6 is 15.9 Å². The zero-order valence-corrected chi connectivity index (χ0v) is 17.1. The zero-order valence-electron chi connectivity index (χ0n) is 14.7. The Hall–Kier alpha value is -1.12. The lowest BCUT2D eigenvalue weighted by Crippen LogP contribution is -2.41. The van der Waals surface area contributed by atoms with Crippen LogP contribution < -0.4 is 9.62 Å². The van der Waals surface area contributed by atoms with Crippen LogP contribution in [0.1, 0.15) is 19.3 Å². The van der Waals surface area contributed by atoms with Crippen molar-refractivity contribution in [3.63, 3.8) is 0 Å². The van der Waals surface area contributed by atoms with Crippen molar-refractivity contribution < 1.29 is 13.2 Å². The summed E-state index contributed by atoms with van der Waals surface area (Å²) in [4.78, 5) is 14.5. The fraction of sp³-hybridized carbons (Fsp3) is 0.588. The van der Waals surface area contributed by atoms with E-state index in [1.807, 2.05) is 6.07 Å². The minimum atomic E-state index is -3.54. The maximum Gasteiger partial charge on any atom is 0.240 e. The normalized spacial score (nSPS) is 16.6. The molecule has 0 bridgehead atoms. The molecule has 0 saturated carbocycles. The molecule has 2 rings (SSSR count). The molecule has 0 spiro atoms. The van der Waals surface area contributed by atoms with Gasteiger partial charge in [0.15, 0.2) is 0 Å². The molecule has 1 aromatic rings. The second-order valence-corrected chi connectivity index (χ2v) is 9.46. The predicted octanol–water partition coefficient (Wildman–Crippen LogP) is 2.06. The first-order valence-electron chi connectivity index (χ1n) is 8.44. The third-order valence-electron chi connectivity index (χ3n) is 4.50. The Labute approximate surface area is 158 Å². The Morgan fingerprint density at radius 1 is 1.36 bits per heavy atom. The van der Waals surface area contributed by atoms with Gasteiger partial charge in [0.2, 0.25) is 15.9 Å². The first-order valence-corrected chi connectivity index (χ1v) is 11.1. The Morgan fingerprint density at radius 2 is 2.04 bits per heavy atom. The number of sulfonamides is 1. The number of halogens is 1. The zero-order chi connectivity index (χ0) is 18.4. The van der Waals surface area contributed by atoms with Gasteiger partial charge in [0.25, 0.3) is 0 Å². The van der Waals surface area contributed by atoms with Crippen LogP contribution in [0.3, 0.4) is 0 Å². The third kappa shape index (κ3) is 6.60. The van der Waals surface area contributed by atoms with Gasteiger partial charge in [-0.05, 0) is 63.5 Å². The van der Waals surface area contributed by atoms with E-state index in [9.17, 15) is 13.2 Å². The molecule has 140 valence electrons. The fourth-order valence-corrected chi connectivity index (χ4v) is 4.22. The lowest BCUT2D eigenvalue weighted by molar-refractivity contribution is -0.119. The Balaban J connectivity index is 1.87. The molecule has 8 heteroatoms. The van der Waals surface area contributed by atoms with Gasteiger partial charge in [-0.15, -0.1) is 0 Å². The molecular formula is C17H26BrN3O3S. The smallest absolute Gasteiger partial charge is 0.240 e. The van der Waals surface area contributed by atoms with E-state index in [-0.39, 0.29) is 12.5 Å². The van der Waals surface area contributed by atoms with Gasteiger partial charge in [0.1, 0.15) is 6.54 Å². The molecule has 1 saturated heterocycles. The summed E-state index contributed by atoms with van der Waals surface area (Å²) < 4.78 is 26.0. The summed E-state index contributed by atoms with van der Waals surface area (Å²) in [5.74, 6) is 0.353. The van der Waals surface area contributed by atoms with Gasteiger partial charge in [-0.2, -0.15) is 0 Å². The van der Waals surface area contributed by atoms with Crippen LogP contribution in [0.15, 0.2) is 28.7 Å². The molecule has 0 aliphatic carbocycles. The van der Waals surface area contributed by atoms with Crippen molar-refractivity contribution in [1.29, 1.82) is 0 Å². The summed E-state index contributed by atoms with van der Waals surface area (Å²) in [5, 5.41) is 2.86. The van der Waals surface area contributed by atoms with Crippen LogP contribution in [0.25, 0.3) is 0 Å². The highest BCUT2D eigenvalue weighted by molar-refractivity contribution is 9.10. The first-order chi connectivity index (χ1) is 11.8.